The van der Waals surface area contributed by atoms with Gasteiger partial charge in [0.25, 0.3) is 0 Å². The van der Waals surface area contributed by atoms with E-state index in [4.69, 9.17) is 5.73 Å². The summed E-state index contributed by atoms with van der Waals surface area (Å²) in [6.45, 7) is 0. The van der Waals surface area contributed by atoms with E-state index in [0.717, 1.165) is 11.0 Å². The first-order valence-electron chi connectivity index (χ1n) is 5.87. The molecule has 2 aromatic rings. The fraction of sp³-hybridized carbons (Fsp3) is 0. The maximum atomic E-state index is 12.1. The van der Waals surface area contributed by atoms with E-state index in [0.29, 0.717) is 0 Å². The second-order valence-corrected chi connectivity index (χ2v) is 5.98. The Morgan fingerprint density at radius 2 is 1.55 bits per heavy atom. The van der Waals surface area contributed by atoms with Gasteiger partial charge in [-0.1, -0.05) is 30.3 Å². The lowest BCUT2D eigenvalue weighted by Gasteiger charge is -2.00. The molecule has 0 spiro atoms. The first kappa shape index (κ1) is 14.0. The van der Waals surface area contributed by atoms with E-state index in [-0.39, 0.29) is 10.5 Å². The summed E-state index contributed by atoms with van der Waals surface area (Å²) >= 11 is 0. The lowest BCUT2D eigenvalue weighted by Crippen LogP contribution is -2.10. The van der Waals surface area contributed by atoms with Crippen molar-refractivity contribution in [2.24, 2.45) is 5.73 Å². The van der Waals surface area contributed by atoms with Gasteiger partial charge in [-0.25, -0.2) is 8.42 Å². The fourth-order valence-corrected chi connectivity index (χ4v) is 2.63. The summed E-state index contributed by atoms with van der Waals surface area (Å²) in [5.74, 6) is -0.589. The molecule has 0 heterocycles. The number of benzene rings is 2. The molecule has 0 radical (unpaired) electrons. The van der Waals surface area contributed by atoms with Crippen molar-refractivity contribution in [3.05, 3.63) is 71.1 Å². The molecule has 0 aromatic heterocycles. The molecular weight excluding hydrogens is 274 g/mol. The first-order valence-corrected chi connectivity index (χ1v) is 7.42. The van der Waals surface area contributed by atoms with Gasteiger partial charge in [0.05, 0.1) is 4.90 Å². The van der Waals surface area contributed by atoms with Gasteiger partial charge in [-0.3, -0.25) is 4.79 Å². The molecule has 0 saturated carbocycles. The number of sulfone groups is 1. The molecule has 0 aliphatic rings. The summed E-state index contributed by atoms with van der Waals surface area (Å²) in [6.07, 6.45) is 1.53. The van der Waals surface area contributed by atoms with Gasteiger partial charge in [-0.05, 0) is 35.9 Å². The second kappa shape index (κ2) is 5.71. The normalized spacial score (nSPS) is 11.6. The molecule has 2 aromatic carbocycles. The summed E-state index contributed by atoms with van der Waals surface area (Å²) < 4.78 is 24.2. The number of primary amides is 1. The Hall–Kier alpha value is -2.40. The highest BCUT2D eigenvalue weighted by Crippen LogP contribution is 2.15. The summed E-state index contributed by atoms with van der Waals surface area (Å²) in [7, 11) is -3.53. The quantitative estimate of drug-likeness (QED) is 0.936. The van der Waals surface area contributed by atoms with Crippen LogP contribution in [0, 0.1) is 0 Å². The van der Waals surface area contributed by atoms with Gasteiger partial charge in [-0.2, -0.15) is 0 Å². The molecule has 0 aliphatic carbocycles. The predicted molar refractivity (Wildman–Crippen MR) is 77.6 cm³/mol. The van der Waals surface area contributed by atoms with Crippen molar-refractivity contribution >= 4 is 21.8 Å². The van der Waals surface area contributed by atoms with Crippen LogP contribution >= 0.6 is 0 Å². The van der Waals surface area contributed by atoms with Crippen molar-refractivity contribution in [1.29, 1.82) is 0 Å². The molecule has 20 heavy (non-hydrogen) atoms. The van der Waals surface area contributed by atoms with Crippen LogP contribution in [-0.2, 0) is 9.84 Å². The van der Waals surface area contributed by atoms with Gasteiger partial charge in [0, 0.05) is 11.0 Å². The highest BCUT2D eigenvalue weighted by molar-refractivity contribution is 7.94. The fourth-order valence-electron chi connectivity index (χ4n) is 1.62. The largest absolute Gasteiger partial charge is 0.366 e. The Labute approximate surface area is 117 Å². The van der Waals surface area contributed by atoms with Gasteiger partial charge in [0.15, 0.2) is 9.84 Å². The Balaban J connectivity index is 2.27. The lowest BCUT2D eigenvalue weighted by atomic mass is 10.2. The maximum absolute atomic E-state index is 12.1. The molecule has 0 saturated heterocycles. The number of hydrogen-bond acceptors (Lipinski definition) is 3. The van der Waals surface area contributed by atoms with Gasteiger partial charge in [0.1, 0.15) is 0 Å². The molecule has 1 amide bonds. The predicted octanol–water partition coefficient (Wildman–Crippen LogP) is 2.23. The highest BCUT2D eigenvalue weighted by Gasteiger charge is 2.10. The van der Waals surface area contributed by atoms with Crippen molar-refractivity contribution in [3.8, 4) is 0 Å². The summed E-state index contributed by atoms with van der Waals surface area (Å²) in [4.78, 5) is 11.1. The van der Waals surface area contributed by atoms with Crippen LogP contribution in [0.5, 0.6) is 0 Å². The van der Waals surface area contributed by atoms with Crippen molar-refractivity contribution in [2.75, 3.05) is 0 Å². The number of carbonyl (C=O) groups excluding carboxylic acids is 1. The molecule has 102 valence electrons. The lowest BCUT2D eigenvalue weighted by molar-refractivity contribution is 0.1000. The monoisotopic (exact) mass is 287 g/mol. The van der Waals surface area contributed by atoms with E-state index in [9.17, 15) is 13.2 Å². The average Bonchev–Trinajstić information content (AvgIpc) is 2.46. The minimum absolute atomic E-state index is 0.120. The molecule has 0 unspecified atom stereocenters. The third-order valence-electron chi connectivity index (χ3n) is 2.71. The van der Waals surface area contributed by atoms with Crippen molar-refractivity contribution in [3.63, 3.8) is 0 Å². The molecular formula is C15H13NO3S. The van der Waals surface area contributed by atoms with E-state index < -0.39 is 15.7 Å². The van der Waals surface area contributed by atoms with Gasteiger partial charge in [-0.15, -0.1) is 0 Å². The zero-order valence-corrected chi connectivity index (χ0v) is 11.4. The summed E-state index contributed by atoms with van der Waals surface area (Å²) in [6, 6.07) is 14.6. The first-order chi connectivity index (χ1) is 9.49. The van der Waals surface area contributed by atoms with Crippen LogP contribution in [0.3, 0.4) is 0 Å². The van der Waals surface area contributed by atoms with Crippen LogP contribution in [-0.4, -0.2) is 14.3 Å². The Bertz CT molecular complexity index is 732. The van der Waals surface area contributed by atoms with E-state index in [2.05, 4.69) is 0 Å². The second-order valence-electron chi connectivity index (χ2n) is 4.15. The van der Waals surface area contributed by atoms with Crippen molar-refractivity contribution in [2.45, 2.75) is 4.90 Å². The van der Waals surface area contributed by atoms with Crippen molar-refractivity contribution < 1.29 is 13.2 Å². The SMILES string of the molecule is NC(=O)c1ccc(S(=O)(=O)C=Cc2ccccc2)cc1. The van der Waals surface area contributed by atoms with E-state index in [1.54, 1.807) is 0 Å². The van der Waals surface area contributed by atoms with Crippen molar-refractivity contribution in [1.82, 2.24) is 0 Å². The average molecular weight is 287 g/mol. The zero-order chi connectivity index (χ0) is 14.6. The number of amides is 1. The summed E-state index contributed by atoms with van der Waals surface area (Å²) in [5.41, 5.74) is 6.18. The molecule has 2 rings (SSSR count). The van der Waals surface area contributed by atoms with Crippen LogP contribution in [0.4, 0.5) is 0 Å². The Kier molecular flexibility index (Phi) is 4.00. The molecule has 0 bridgehead atoms. The Morgan fingerprint density at radius 1 is 0.950 bits per heavy atom. The standard InChI is InChI=1S/C15H13NO3S/c16-15(17)13-6-8-14(9-7-13)20(18,19)11-10-12-4-2-1-3-5-12/h1-11H,(H2,16,17). The number of rotatable bonds is 4. The van der Waals surface area contributed by atoms with E-state index >= 15 is 0 Å². The van der Waals surface area contributed by atoms with Crippen LogP contribution in [0.1, 0.15) is 15.9 Å². The molecule has 4 nitrogen and oxygen atoms in total. The minimum Gasteiger partial charge on any atom is -0.366 e. The molecule has 2 N–H and O–H groups in total. The van der Waals surface area contributed by atoms with E-state index in [1.165, 1.54) is 30.3 Å². The van der Waals surface area contributed by atoms with E-state index in [1.807, 2.05) is 30.3 Å². The number of hydrogen-bond donors (Lipinski definition) is 1. The smallest absolute Gasteiger partial charge is 0.248 e. The molecule has 0 aliphatic heterocycles. The maximum Gasteiger partial charge on any atom is 0.248 e. The number of nitrogens with two attached hydrogens (primary N) is 1. The highest BCUT2D eigenvalue weighted by atomic mass is 32.2. The van der Waals surface area contributed by atoms with Crippen LogP contribution in [0.2, 0.25) is 0 Å². The molecule has 0 atom stereocenters. The van der Waals surface area contributed by atoms with Crippen LogP contribution < -0.4 is 5.73 Å². The van der Waals surface area contributed by atoms with Crippen LogP contribution in [0.15, 0.2) is 64.9 Å². The zero-order valence-electron chi connectivity index (χ0n) is 10.6. The van der Waals surface area contributed by atoms with Crippen LogP contribution in [0.25, 0.3) is 6.08 Å². The third kappa shape index (κ3) is 3.33. The van der Waals surface area contributed by atoms with Gasteiger partial charge < -0.3 is 5.73 Å². The summed E-state index contributed by atoms with van der Waals surface area (Å²) in [5, 5.41) is 1.14. The number of carbonyl (C=O) groups is 1. The van der Waals surface area contributed by atoms with Gasteiger partial charge >= 0.3 is 0 Å². The third-order valence-corrected chi connectivity index (χ3v) is 4.13. The topological polar surface area (TPSA) is 77.2 Å². The Morgan fingerprint density at radius 3 is 2.10 bits per heavy atom. The van der Waals surface area contributed by atoms with Gasteiger partial charge in [0.2, 0.25) is 5.91 Å². The molecule has 5 heteroatoms. The minimum atomic E-state index is -3.53. The molecule has 0 fully saturated rings.